The topological polar surface area (TPSA) is 69.6 Å². The molecular formula is C14H19Cl2N5. The van der Waals surface area contributed by atoms with Crippen LogP contribution in [0.25, 0.3) is 11.4 Å². The zero-order valence-corrected chi connectivity index (χ0v) is 13.9. The summed E-state index contributed by atoms with van der Waals surface area (Å²) in [6, 6.07) is 3.68. The number of nitrogens with zero attached hydrogens (tertiary/aromatic N) is 4. The molecule has 0 amide bonds. The minimum Gasteiger partial charge on any atom is -0.397 e. The fourth-order valence-electron chi connectivity index (χ4n) is 2.57. The summed E-state index contributed by atoms with van der Waals surface area (Å²) in [6.07, 6.45) is 2.14. The van der Waals surface area contributed by atoms with E-state index in [-0.39, 0.29) is 6.04 Å². The zero-order valence-electron chi connectivity index (χ0n) is 12.3. The molecule has 2 N–H and O–H groups in total. The SMILES string of the molecule is CCC(CC)C(C)n1nnnc1-c1cc(N)c(Cl)c(Cl)c1. The van der Waals surface area contributed by atoms with Crippen molar-refractivity contribution in [2.45, 2.75) is 39.7 Å². The van der Waals surface area contributed by atoms with Gasteiger partial charge in [0, 0.05) is 5.56 Å². The van der Waals surface area contributed by atoms with Gasteiger partial charge in [0.25, 0.3) is 0 Å². The second kappa shape index (κ2) is 6.62. The molecule has 0 bridgehead atoms. The molecule has 0 spiro atoms. The predicted octanol–water partition coefficient (Wildman–Crippen LogP) is 4.23. The highest BCUT2D eigenvalue weighted by Crippen LogP contribution is 2.34. The first kappa shape index (κ1) is 16.0. The average Bonchev–Trinajstić information content (AvgIpc) is 2.94. The van der Waals surface area contributed by atoms with Crippen molar-refractivity contribution in [3.8, 4) is 11.4 Å². The molecule has 2 rings (SSSR count). The Morgan fingerprint density at radius 1 is 1.24 bits per heavy atom. The maximum Gasteiger partial charge on any atom is 0.182 e. The van der Waals surface area contributed by atoms with Crippen molar-refractivity contribution in [2.75, 3.05) is 5.73 Å². The smallest absolute Gasteiger partial charge is 0.182 e. The van der Waals surface area contributed by atoms with Crippen LogP contribution in [0.5, 0.6) is 0 Å². The van der Waals surface area contributed by atoms with Crippen molar-refractivity contribution in [3.63, 3.8) is 0 Å². The van der Waals surface area contributed by atoms with Crippen molar-refractivity contribution >= 4 is 28.9 Å². The fraction of sp³-hybridized carbons (Fsp3) is 0.500. The van der Waals surface area contributed by atoms with Crippen LogP contribution in [0.2, 0.25) is 10.0 Å². The Labute approximate surface area is 134 Å². The molecule has 7 heteroatoms. The standard InChI is InChI=1S/C14H19Cl2N5/c1-4-9(5-2)8(3)21-14(18-19-20-21)10-6-11(15)13(16)12(17)7-10/h6-9H,4-5,17H2,1-3H3. The summed E-state index contributed by atoms with van der Waals surface area (Å²) in [6.45, 7) is 6.47. The van der Waals surface area contributed by atoms with Crippen molar-refractivity contribution in [1.82, 2.24) is 20.2 Å². The number of anilines is 1. The number of hydrogen-bond donors (Lipinski definition) is 1. The summed E-state index contributed by atoms with van der Waals surface area (Å²) < 4.78 is 1.83. The molecule has 1 unspecified atom stereocenters. The zero-order chi connectivity index (χ0) is 15.6. The third-order valence-electron chi connectivity index (χ3n) is 3.92. The first-order valence-electron chi connectivity index (χ1n) is 7.02. The van der Waals surface area contributed by atoms with Gasteiger partial charge in [0.05, 0.1) is 21.8 Å². The molecule has 0 saturated heterocycles. The summed E-state index contributed by atoms with van der Waals surface area (Å²) in [5.74, 6) is 1.16. The van der Waals surface area contributed by atoms with E-state index in [1.165, 1.54) is 0 Å². The van der Waals surface area contributed by atoms with Gasteiger partial charge in [-0.25, -0.2) is 4.68 Å². The molecule has 0 aliphatic heterocycles. The predicted molar refractivity (Wildman–Crippen MR) is 86.5 cm³/mol. The van der Waals surface area contributed by atoms with Crippen LogP contribution in [-0.4, -0.2) is 20.2 Å². The van der Waals surface area contributed by atoms with Gasteiger partial charge < -0.3 is 5.73 Å². The lowest BCUT2D eigenvalue weighted by molar-refractivity contribution is 0.309. The largest absolute Gasteiger partial charge is 0.397 e. The van der Waals surface area contributed by atoms with Crippen molar-refractivity contribution in [3.05, 3.63) is 22.2 Å². The first-order chi connectivity index (χ1) is 9.99. The highest BCUT2D eigenvalue weighted by molar-refractivity contribution is 6.43. The lowest BCUT2D eigenvalue weighted by Crippen LogP contribution is -2.18. The average molecular weight is 328 g/mol. The van der Waals surface area contributed by atoms with E-state index in [2.05, 4.69) is 36.3 Å². The van der Waals surface area contributed by atoms with Crippen LogP contribution in [0.4, 0.5) is 5.69 Å². The van der Waals surface area contributed by atoms with Crippen LogP contribution < -0.4 is 5.73 Å². The lowest BCUT2D eigenvalue weighted by atomic mass is 9.95. The molecular weight excluding hydrogens is 309 g/mol. The first-order valence-corrected chi connectivity index (χ1v) is 7.77. The number of hydrogen-bond acceptors (Lipinski definition) is 4. The number of nitrogen functional groups attached to an aromatic ring is 1. The molecule has 2 aromatic rings. The molecule has 0 fully saturated rings. The van der Waals surface area contributed by atoms with Crippen LogP contribution >= 0.6 is 23.2 Å². The number of rotatable bonds is 5. The number of nitrogens with two attached hydrogens (primary N) is 1. The normalized spacial score (nSPS) is 12.9. The van der Waals surface area contributed by atoms with E-state index in [4.69, 9.17) is 28.9 Å². The molecule has 0 saturated carbocycles. The van der Waals surface area contributed by atoms with Crippen LogP contribution in [-0.2, 0) is 0 Å². The Morgan fingerprint density at radius 3 is 2.48 bits per heavy atom. The summed E-state index contributed by atoms with van der Waals surface area (Å²) in [5.41, 5.74) is 7.06. The van der Waals surface area contributed by atoms with Gasteiger partial charge in [0.2, 0.25) is 0 Å². The molecule has 21 heavy (non-hydrogen) atoms. The van der Waals surface area contributed by atoms with Gasteiger partial charge >= 0.3 is 0 Å². The summed E-state index contributed by atoms with van der Waals surface area (Å²) in [5, 5.41) is 12.8. The van der Waals surface area contributed by atoms with Gasteiger partial charge in [-0.15, -0.1) is 5.10 Å². The van der Waals surface area contributed by atoms with Crippen molar-refractivity contribution in [1.29, 1.82) is 0 Å². The van der Waals surface area contributed by atoms with Crippen LogP contribution in [0.15, 0.2) is 12.1 Å². The molecule has 114 valence electrons. The maximum atomic E-state index is 6.10. The van der Waals surface area contributed by atoms with Gasteiger partial charge in [0.1, 0.15) is 0 Å². The molecule has 0 aliphatic rings. The van der Waals surface area contributed by atoms with E-state index < -0.39 is 0 Å². The van der Waals surface area contributed by atoms with Crippen molar-refractivity contribution < 1.29 is 0 Å². The lowest BCUT2D eigenvalue weighted by Gasteiger charge is -2.22. The van der Waals surface area contributed by atoms with Gasteiger partial charge in [0.15, 0.2) is 5.82 Å². The van der Waals surface area contributed by atoms with Gasteiger partial charge in [-0.1, -0.05) is 49.9 Å². The van der Waals surface area contributed by atoms with Gasteiger partial charge in [-0.3, -0.25) is 0 Å². The van der Waals surface area contributed by atoms with E-state index in [0.29, 0.717) is 27.5 Å². The minimum absolute atomic E-state index is 0.195. The monoisotopic (exact) mass is 327 g/mol. The number of benzene rings is 1. The van der Waals surface area contributed by atoms with Gasteiger partial charge in [-0.2, -0.15) is 0 Å². The molecule has 5 nitrogen and oxygen atoms in total. The van der Waals surface area contributed by atoms with E-state index in [0.717, 1.165) is 18.4 Å². The Bertz CT molecular complexity index is 599. The molecule has 0 aliphatic carbocycles. The Balaban J connectivity index is 2.45. The van der Waals surface area contributed by atoms with E-state index in [1.807, 2.05) is 4.68 Å². The summed E-state index contributed by atoms with van der Waals surface area (Å²) in [7, 11) is 0. The number of halogens is 2. The molecule has 1 atom stereocenters. The fourth-order valence-corrected chi connectivity index (χ4v) is 2.90. The molecule has 1 aromatic heterocycles. The van der Waals surface area contributed by atoms with Crippen LogP contribution in [0, 0.1) is 5.92 Å². The van der Waals surface area contributed by atoms with E-state index in [9.17, 15) is 0 Å². The minimum atomic E-state index is 0.195. The quantitative estimate of drug-likeness (QED) is 0.834. The second-order valence-corrected chi connectivity index (χ2v) is 5.91. The second-order valence-electron chi connectivity index (χ2n) is 5.13. The maximum absolute atomic E-state index is 6.10. The third kappa shape index (κ3) is 3.14. The van der Waals surface area contributed by atoms with E-state index >= 15 is 0 Å². The molecule has 1 aromatic carbocycles. The van der Waals surface area contributed by atoms with E-state index in [1.54, 1.807) is 12.1 Å². The Hall–Kier alpha value is -1.33. The third-order valence-corrected chi connectivity index (χ3v) is 4.74. The Kier molecular flexibility index (Phi) is 5.06. The molecule has 1 heterocycles. The summed E-state index contributed by atoms with van der Waals surface area (Å²) in [4.78, 5) is 0. The summed E-state index contributed by atoms with van der Waals surface area (Å²) >= 11 is 12.1. The van der Waals surface area contributed by atoms with Gasteiger partial charge in [-0.05, 0) is 35.4 Å². The molecule has 0 radical (unpaired) electrons. The highest BCUT2D eigenvalue weighted by atomic mass is 35.5. The van der Waals surface area contributed by atoms with Crippen LogP contribution in [0.1, 0.15) is 39.7 Å². The Morgan fingerprint density at radius 2 is 1.90 bits per heavy atom. The van der Waals surface area contributed by atoms with Crippen molar-refractivity contribution in [2.24, 2.45) is 5.92 Å². The number of tetrazole rings is 1. The number of aromatic nitrogens is 4. The van der Waals surface area contributed by atoms with Crippen LogP contribution in [0.3, 0.4) is 0 Å². The highest BCUT2D eigenvalue weighted by Gasteiger charge is 2.21.